The average Bonchev–Trinajstić information content (AvgIpc) is 3.12. The Bertz CT molecular complexity index is 1270. The van der Waals surface area contributed by atoms with Crippen LogP contribution in [-0.2, 0) is 4.79 Å². The van der Waals surface area contributed by atoms with Gasteiger partial charge in [-0.15, -0.1) is 0 Å². The van der Waals surface area contributed by atoms with Crippen molar-refractivity contribution in [3.63, 3.8) is 0 Å². The number of hydrogen-bond donors (Lipinski definition) is 0. The molecule has 0 bridgehead atoms. The molecule has 3 aromatic rings. The van der Waals surface area contributed by atoms with E-state index in [1.165, 1.54) is 18.9 Å². The van der Waals surface area contributed by atoms with Crippen molar-refractivity contribution >= 4 is 46.3 Å². The second kappa shape index (κ2) is 10.2. The molecule has 1 fully saturated rings. The Morgan fingerprint density at radius 3 is 2.41 bits per heavy atom. The van der Waals surface area contributed by atoms with Crippen molar-refractivity contribution in [2.45, 2.75) is 19.9 Å². The minimum absolute atomic E-state index is 0.139. The summed E-state index contributed by atoms with van der Waals surface area (Å²) in [5.74, 6) is 0.0832. The first-order valence-electron chi connectivity index (χ1n) is 10.7. The molecule has 7 heteroatoms. The van der Waals surface area contributed by atoms with Gasteiger partial charge in [-0.25, -0.2) is 4.79 Å². The molecular weight excluding hydrogens is 466 g/mol. The molecule has 1 saturated heterocycles. The fraction of sp³-hybridized carbons (Fsp3) is 0.148. The highest BCUT2D eigenvalue weighted by Crippen LogP contribution is 2.39. The highest BCUT2D eigenvalue weighted by Gasteiger charge is 2.35. The van der Waals surface area contributed by atoms with Crippen LogP contribution < -0.4 is 9.47 Å². The summed E-state index contributed by atoms with van der Waals surface area (Å²) in [6.45, 7) is 3.91. The number of carbonyl (C=O) groups is 2. The van der Waals surface area contributed by atoms with E-state index in [4.69, 9.17) is 21.7 Å². The van der Waals surface area contributed by atoms with Crippen molar-refractivity contribution in [3.8, 4) is 11.5 Å². The average molecular weight is 490 g/mol. The highest BCUT2D eigenvalue weighted by atomic mass is 32.2. The number of thiocarbonyl (C=S) groups is 1. The van der Waals surface area contributed by atoms with Crippen LogP contribution >= 0.6 is 24.0 Å². The lowest BCUT2D eigenvalue weighted by Crippen LogP contribution is -2.30. The van der Waals surface area contributed by atoms with E-state index >= 15 is 0 Å². The molecular formula is C27H23NO4S2. The standard InChI is InChI=1S/C27H23NO4S2/c1-17-9-12-21(13-10-17)26(30)32-22-14-11-19(15-23(22)31-3)16-24-25(29)28(27(33)34-24)18(2)20-7-5-4-6-8-20/h4-16,18H,1-3H3. The molecule has 34 heavy (non-hydrogen) atoms. The number of amides is 1. The van der Waals surface area contributed by atoms with Gasteiger partial charge in [0.1, 0.15) is 4.32 Å². The first kappa shape index (κ1) is 23.7. The fourth-order valence-corrected chi connectivity index (χ4v) is 4.97. The molecule has 1 aliphatic heterocycles. The molecule has 1 heterocycles. The maximum atomic E-state index is 13.1. The normalized spacial score (nSPS) is 15.5. The van der Waals surface area contributed by atoms with E-state index in [9.17, 15) is 9.59 Å². The third kappa shape index (κ3) is 5.05. The van der Waals surface area contributed by atoms with Gasteiger partial charge < -0.3 is 9.47 Å². The van der Waals surface area contributed by atoms with E-state index in [-0.39, 0.29) is 11.9 Å². The summed E-state index contributed by atoms with van der Waals surface area (Å²) in [5, 5.41) is 0. The van der Waals surface area contributed by atoms with Gasteiger partial charge in [-0.1, -0.05) is 78.1 Å². The summed E-state index contributed by atoms with van der Waals surface area (Å²) in [4.78, 5) is 27.8. The van der Waals surface area contributed by atoms with Crippen molar-refractivity contribution in [1.82, 2.24) is 4.90 Å². The third-order valence-corrected chi connectivity index (χ3v) is 6.80. The number of ether oxygens (including phenoxy) is 2. The lowest BCUT2D eigenvalue weighted by molar-refractivity contribution is -0.123. The van der Waals surface area contributed by atoms with Gasteiger partial charge in [-0.3, -0.25) is 9.69 Å². The van der Waals surface area contributed by atoms with Gasteiger partial charge in [0.25, 0.3) is 5.91 Å². The van der Waals surface area contributed by atoms with Crippen LogP contribution in [-0.4, -0.2) is 28.2 Å². The lowest BCUT2D eigenvalue weighted by atomic mass is 10.1. The number of benzene rings is 3. The maximum absolute atomic E-state index is 13.1. The largest absolute Gasteiger partial charge is 0.493 e. The zero-order valence-corrected chi connectivity index (χ0v) is 20.6. The molecule has 0 aliphatic carbocycles. The van der Waals surface area contributed by atoms with Crippen LogP contribution in [0.2, 0.25) is 0 Å². The van der Waals surface area contributed by atoms with Crippen LogP contribution in [0.1, 0.15) is 40.0 Å². The van der Waals surface area contributed by atoms with Gasteiger partial charge in [0, 0.05) is 0 Å². The van der Waals surface area contributed by atoms with Crippen LogP contribution in [0, 0.1) is 6.92 Å². The maximum Gasteiger partial charge on any atom is 0.343 e. The summed E-state index contributed by atoms with van der Waals surface area (Å²) in [5.41, 5.74) is 3.26. The molecule has 172 valence electrons. The topological polar surface area (TPSA) is 55.8 Å². The van der Waals surface area contributed by atoms with Crippen molar-refractivity contribution in [3.05, 3.63) is 100.0 Å². The molecule has 5 nitrogen and oxygen atoms in total. The number of hydrogen-bond acceptors (Lipinski definition) is 6. The van der Waals surface area contributed by atoms with Crippen LogP contribution in [0.25, 0.3) is 6.08 Å². The third-order valence-electron chi connectivity index (χ3n) is 5.47. The molecule has 0 spiro atoms. The summed E-state index contributed by atoms with van der Waals surface area (Å²) in [6.07, 6.45) is 1.77. The molecule has 0 N–H and O–H groups in total. The molecule has 1 aliphatic rings. The first-order chi connectivity index (χ1) is 16.4. The van der Waals surface area contributed by atoms with Crippen molar-refractivity contribution in [2.24, 2.45) is 0 Å². The Hall–Kier alpha value is -3.42. The molecule has 1 atom stereocenters. The van der Waals surface area contributed by atoms with E-state index in [1.807, 2.05) is 56.3 Å². The number of thioether (sulfide) groups is 1. The smallest absolute Gasteiger partial charge is 0.343 e. The van der Waals surface area contributed by atoms with E-state index in [1.54, 1.807) is 41.3 Å². The molecule has 1 unspecified atom stereocenters. The first-order valence-corrected chi connectivity index (χ1v) is 11.9. The predicted octanol–water partition coefficient (Wildman–Crippen LogP) is 6.19. The number of carbonyl (C=O) groups excluding carboxylic acids is 2. The fourth-order valence-electron chi connectivity index (χ4n) is 3.55. The quantitative estimate of drug-likeness (QED) is 0.178. The number of rotatable bonds is 6. The Morgan fingerprint density at radius 1 is 1.03 bits per heavy atom. The molecule has 0 aromatic heterocycles. The van der Waals surface area contributed by atoms with Gasteiger partial charge in [0.2, 0.25) is 0 Å². The highest BCUT2D eigenvalue weighted by molar-refractivity contribution is 8.26. The zero-order valence-electron chi connectivity index (χ0n) is 19.0. The zero-order chi connectivity index (χ0) is 24.2. The number of esters is 1. The Morgan fingerprint density at radius 2 is 1.74 bits per heavy atom. The second-order valence-electron chi connectivity index (χ2n) is 7.80. The molecule has 1 amide bonds. The minimum Gasteiger partial charge on any atom is -0.493 e. The van der Waals surface area contributed by atoms with Crippen molar-refractivity contribution < 1.29 is 19.1 Å². The van der Waals surface area contributed by atoms with Crippen molar-refractivity contribution in [1.29, 1.82) is 0 Å². The number of methoxy groups -OCH3 is 1. The summed E-state index contributed by atoms with van der Waals surface area (Å²) in [6, 6.07) is 21.9. The lowest BCUT2D eigenvalue weighted by Gasteiger charge is -2.23. The monoisotopic (exact) mass is 489 g/mol. The number of aryl methyl sites for hydroxylation is 1. The Labute approximate surface area is 208 Å². The van der Waals surface area contributed by atoms with Gasteiger partial charge in [0.05, 0.1) is 23.6 Å². The SMILES string of the molecule is COc1cc(C=C2SC(=S)N(C(C)c3ccccc3)C2=O)ccc1OC(=O)c1ccc(C)cc1. The van der Waals surface area contributed by atoms with Crippen LogP contribution in [0.15, 0.2) is 77.7 Å². The van der Waals surface area contributed by atoms with E-state index in [0.717, 1.165) is 16.7 Å². The Balaban J connectivity index is 1.54. The predicted molar refractivity (Wildman–Crippen MR) is 139 cm³/mol. The van der Waals surface area contributed by atoms with Gasteiger partial charge >= 0.3 is 5.97 Å². The van der Waals surface area contributed by atoms with Crippen LogP contribution in [0.3, 0.4) is 0 Å². The summed E-state index contributed by atoms with van der Waals surface area (Å²) in [7, 11) is 1.50. The molecule has 3 aromatic carbocycles. The van der Waals surface area contributed by atoms with Gasteiger partial charge in [-0.2, -0.15) is 0 Å². The minimum atomic E-state index is -0.471. The van der Waals surface area contributed by atoms with Gasteiger partial charge in [0.15, 0.2) is 11.5 Å². The van der Waals surface area contributed by atoms with E-state index < -0.39 is 5.97 Å². The molecule has 0 radical (unpaired) electrons. The Kier molecular flexibility index (Phi) is 7.14. The second-order valence-corrected chi connectivity index (χ2v) is 9.48. The molecule has 0 saturated carbocycles. The summed E-state index contributed by atoms with van der Waals surface area (Å²) >= 11 is 6.77. The number of nitrogens with zero attached hydrogens (tertiary/aromatic N) is 1. The van der Waals surface area contributed by atoms with Crippen LogP contribution in [0.5, 0.6) is 11.5 Å². The van der Waals surface area contributed by atoms with Crippen molar-refractivity contribution in [2.75, 3.05) is 7.11 Å². The van der Waals surface area contributed by atoms with E-state index in [0.29, 0.717) is 26.3 Å². The van der Waals surface area contributed by atoms with Gasteiger partial charge in [-0.05, 0) is 55.3 Å². The molecule has 4 rings (SSSR count). The summed E-state index contributed by atoms with van der Waals surface area (Å²) < 4.78 is 11.5. The van der Waals surface area contributed by atoms with Crippen LogP contribution in [0.4, 0.5) is 0 Å². The van der Waals surface area contributed by atoms with E-state index in [2.05, 4.69) is 0 Å².